The lowest BCUT2D eigenvalue weighted by Gasteiger charge is -2.47. The first-order valence-electron chi connectivity index (χ1n) is 14.3. The number of nitrogens with one attached hydrogen (secondary N) is 1. The number of nitrogens with zero attached hydrogens (tertiary/aromatic N) is 5. The predicted molar refractivity (Wildman–Crippen MR) is 159 cm³/mol. The van der Waals surface area contributed by atoms with E-state index >= 15 is 0 Å². The van der Waals surface area contributed by atoms with Gasteiger partial charge in [0, 0.05) is 36.4 Å². The van der Waals surface area contributed by atoms with Crippen molar-refractivity contribution in [3.8, 4) is 11.4 Å². The molecule has 4 heterocycles. The van der Waals surface area contributed by atoms with Crippen LogP contribution in [0.15, 0.2) is 59.9 Å². The standard InChI is InChI=1S/C31H31FN6O4S/c1-17-4-10-21(11-5-17)43(40,41)38-16-24(23-14-20(32)15-33-29(23)38)28-35-27(22-12-13-37(2)30(22)36-28)34-26-19-8-6-18(7-9-19)25(26)31(39)42-3/h4-5,10-16,18-19,25-26H,6-9H2,1-3H3,(H,34,35,36). The van der Waals surface area contributed by atoms with Gasteiger partial charge in [0.2, 0.25) is 0 Å². The maximum atomic E-state index is 14.6. The number of pyridine rings is 1. The maximum absolute atomic E-state index is 14.6. The Labute approximate surface area is 248 Å². The van der Waals surface area contributed by atoms with Gasteiger partial charge in [-0.1, -0.05) is 17.7 Å². The third-order valence-corrected chi connectivity index (χ3v) is 10.8. The molecule has 0 aliphatic heterocycles. The zero-order valence-corrected chi connectivity index (χ0v) is 24.8. The van der Waals surface area contributed by atoms with Gasteiger partial charge in [0.15, 0.2) is 11.5 Å². The Morgan fingerprint density at radius 1 is 1.02 bits per heavy atom. The Balaban J connectivity index is 1.39. The second-order valence-corrected chi connectivity index (χ2v) is 13.4. The number of rotatable bonds is 6. The van der Waals surface area contributed by atoms with Gasteiger partial charge in [0.1, 0.15) is 17.3 Å². The third kappa shape index (κ3) is 4.46. The Hall–Kier alpha value is -4.32. The number of benzene rings is 1. The monoisotopic (exact) mass is 602 g/mol. The number of fused-ring (bicyclic) bond motifs is 5. The highest BCUT2D eigenvalue weighted by Crippen LogP contribution is 2.47. The number of hydrogen-bond donors (Lipinski definition) is 1. The summed E-state index contributed by atoms with van der Waals surface area (Å²) < 4.78 is 50.2. The summed E-state index contributed by atoms with van der Waals surface area (Å²) in [5, 5.41) is 4.62. The topological polar surface area (TPSA) is 121 Å². The van der Waals surface area contributed by atoms with E-state index in [1.54, 1.807) is 12.1 Å². The molecule has 3 fully saturated rings. The van der Waals surface area contributed by atoms with Crippen LogP contribution in [0, 0.1) is 30.5 Å². The highest BCUT2D eigenvalue weighted by atomic mass is 32.2. The van der Waals surface area contributed by atoms with Crippen LogP contribution in [-0.4, -0.2) is 51.0 Å². The van der Waals surface area contributed by atoms with E-state index in [0.717, 1.165) is 46.8 Å². The van der Waals surface area contributed by atoms with Crippen molar-refractivity contribution in [1.82, 2.24) is 23.5 Å². The number of carbonyl (C=O) groups excluding carboxylic acids is 1. The number of halogens is 1. The fourth-order valence-corrected chi connectivity index (χ4v) is 8.22. The van der Waals surface area contributed by atoms with E-state index in [1.165, 1.54) is 31.5 Å². The summed E-state index contributed by atoms with van der Waals surface area (Å²) in [7, 11) is -0.796. The van der Waals surface area contributed by atoms with Crippen molar-refractivity contribution in [2.75, 3.05) is 12.4 Å². The fourth-order valence-electron chi connectivity index (χ4n) is 6.90. The van der Waals surface area contributed by atoms with Crippen molar-refractivity contribution in [1.29, 1.82) is 0 Å². The average molecular weight is 603 g/mol. The van der Waals surface area contributed by atoms with Crippen LogP contribution in [0.5, 0.6) is 0 Å². The molecule has 0 radical (unpaired) electrons. The van der Waals surface area contributed by atoms with Crippen molar-refractivity contribution in [2.45, 2.75) is 43.5 Å². The quantitative estimate of drug-likeness (QED) is 0.268. The summed E-state index contributed by atoms with van der Waals surface area (Å²) in [5.41, 5.74) is 1.91. The van der Waals surface area contributed by atoms with Gasteiger partial charge >= 0.3 is 5.97 Å². The first kappa shape index (κ1) is 27.5. The number of anilines is 1. The summed E-state index contributed by atoms with van der Waals surface area (Å²) in [5.74, 6) is 0.122. The molecule has 2 atom stereocenters. The van der Waals surface area contributed by atoms with Crippen LogP contribution in [0.25, 0.3) is 33.5 Å². The SMILES string of the molecule is COC(=O)C1C2CCC(CC2)C1Nc1nc(-c2cn(S(=O)(=O)c3ccc(C)cc3)c3ncc(F)cc23)nc2c1ccn2C. The lowest BCUT2D eigenvalue weighted by atomic mass is 9.61. The lowest BCUT2D eigenvalue weighted by molar-refractivity contribution is -0.152. The Kier molecular flexibility index (Phi) is 6.49. The molecule has 1 N–H and O–H groups in total. The smallest absolute Gasteiger partial charge is 0.311 e. The van der Waals surface area contributed by atoms with Gasteiger partial charge in [-0.2, -0.15) is 0 Å². The zero-order valence-electron chi connectivity index (χ0n) is 24.0. The summed E-state index contributed by atoms with van der Waals surface area (Å²) in [6.45, 7) is 1.87. The van der Waals surface area contributed by atoms with Gasteiger partial charge in [-0.25, -0.2) is 31.7 Å². The van der Waals surface area contributed by atoms with Crippen LogP contribution in [0.3, 0.4) is 0 Å². The van der Waals surface area contributed by atoms with Gasteiger partial charge in [0.25, 0.3) is 10.0 Å². The summed E-state index contributed by atoms with van der Waals surface area (Å²) in [6, 6.07) is 9.48. The molecular weight excluding hydrogens is 571 g/mol. The Bertz CT molecular complexity index is 1990. The molecule has 8 rings (SSSR count). The van der Waals surface area contributed by atoms with E-state index in [0.29, 0.717) is 17.0 Å². The third-order valence-electron chi connectivity index (χ3n) is 9.12. The molecule has 4 aromatic heterocycles. The van der Waals surface area contributed by atoms with Crippen LogP contribution >= 0.6 is 0 Å². The number of esters is 1. The molecule has 12 heteroatoms. The minimum Gasteiger partial charge on any atom is -0.469 e. The summed E-state index contributed by atoms with van der Waals surface area (Å²) in [6.07, 6.45) is 8.28. The lowest BCUT2D eigenvalue weighted by Crippen LogP contribution is -2.51. The van der Waals surface area contributed by atoms with Gasteiger partial charge in [-0.15, -0.1) is 0 Å². The van der Waals surface area contributed by atoms with E-state index in [9.17, 15) is 17.6 Å². The van der Waals surface area contributed by atoms with Gasteiger partial charge in [0.05, 0.1) is 29.5 Å². The number of aryl methyl sites for hydroxylation is 2. The maximum Gasteiger partial charge on any atom is 0.311 e. The Morgan fingerprint density at radius 3 is 2.47 bits per heavy atom. The molecule has 0 spiro atoms. The van der Waals surface area contributed by atoms with Gasteiger partial charge in [-0.05, 0) is 68.7 Å². The molecule has 3 aliphatic rings. The molecule has 2 bridgehead atoms. The predicted octanol–water partition coefficient (Wildman–Crippen LogP) is 5.06. The summed E-state index contributed by atoms with van der Waals surface area (Å²) in [4.78, 5) is 26.9. The van der Waals surface area contributed by atoms with Crippen LogP contribution in [0.1, 0.15) is 31.2 Å². The molecule has 10 nitrogen and oxygen atoms in total. The van der Waals surface area contributed by atoms with Crippen LogP contribution < -0.4 is 5.32 Å². The van der Waals surface area contributed by atoms with Crippen LogP contribution in [0.4, 0.5) is 10.2 Å². The molecule has 43 heavy (non-hydrogen) atoms. The number of methoxy groups -OCH3 is 1. The number of ether oxygens (including phenoxy) is 1. The first-order valence-corrected chi connectivity index (χ1v) is 15.8. The molecule has 3 saturated carbocycles. The fraction of sp³-hybridized carbons (Fsp3) is 0.355. The minimum absolute atomic E-state index is 0.0670. The molecule has 2 unspecified atom stereocenters. The van der Waals surface area contributed by atoms with Crippen molar-refractivity contribution in [3.05, 3.63) is 66.4 Å². The van der Waals surface area contributed by atoms with E-state index < -0.39 is 15.8 Å². The van der Waals surface area contributed by atoms with E-state index in [-0.39, 0.29) is 51.5 Å². The molecule has 5 aromatic rings. The van der Waals surface area contributed by atoms with Crippen LogP contribution in [-0.2, 0) is 26.6 Å². The van der Waals surface area contributed by atoms with Crippen molar-refractivity contribution < 1.29 is 22.3 Å². The van der Waals surface area contributed by atoms with Gasteiger partial charge in [-0.3, -0.25) is 4.79 Å². The summed E-state index contributed by atoms with van der Waals surface area (Å²) >= 11 is 0. The molecule has 1 aromatic carbocycles. The largest absolute Gasteiger partial charge is 0.469 e. The van der Waals surface area contributed by atoms with Gasteiger partial charge < -0.3 is 14.6 Å². The molecule has 0 amide bonds. The first-order chi connectivity index (χ1) is 20.7. The molecular formula is C31H31FN6O4S. The zero-order chi connectivity index (χ0) is 30.0. The normalized spacial score (nSPS) is 21.9. The number of aromatic nitrogens is 5. The highest BCUT2D eigenvalue weighted by molar-refractivity contribution is 7.90. The van der Waals surface area contributed by atoms with E-state index in [1.807, 2.05) is 30.8 Å². The highest BCUT2D eigenvalue weighted by Gasteiger charge is 2.48. The van der Waals surface area contributed by atoms with Crippen molar-refractivity contribution in [2.24, 2.45) is 24.8 Å². The second-order valence-electron chi connectivity index (χ2n) is 11.6. The Morgan fingerprint density at radius 2 is 1.74 bits per heavy atom. The molecule has 3 aliphatic carbocycles. The number of hydrogen-bond acceptors (Lipinski definition) is 8. The van der Waals surface area contributed by atoms with E-state index in [2.05, 4.69) is 10.3 Å². The van der Waals surface area contributed by atoms with E-state index in [4.69, 9.17) is 14.7 Å². The molecule has 222 valence electrons. The van der Waals surface area contributed by atoms with Crippen molar-refractivity contribution >= 4 is 43.9 Å². The minimum atomic E-state index is -4.08. The van der Waals surface area contributed by atoms with Crippen LogP contribution in [0.2, 0.25) is 0 Å². The second kappa shape index (κ2) is 10.1. The van der Waals surface area contributed by atoms with Crippen molar-refractivity contribution in [3.63, 3.8) is 0 Å². The number of carbonyl (C=O) groups is 1. The average Bonchev–Trinajstić information content (AvgIpc) is 3.58. The molecule has 0 saturated heterocycles.